The second kappa shape index (κ2) is 10.4. The Morgan fingerprint density at radius 2 is 2.03 bits per heavy atom. The Morgan fingerprint density at radius 3 is 2.74 bits per heavy atom. The molecule has 9 heteroatoms. The molecule has 1 aromatic rings. The number of amides is 2. The first-order valence-corrected chi connectivity index (χ1v) is 12.3. The summed E-state index contributed by atoms with van der Waals surface area (Å²) in [5, 5.41) is 2.32. The number of sulfonamides is 1. The lowest BCUT2D eigenvalue weighted by Gasteiger charge is -2.19. The van der Waals surface area contributed by atoms with E-state index in [1.807, 2.05) is 0 Å². The summed E-state index contributed by atoms with van der Waals surface area (Å²) < 4.78 is 46.8. The van der Waals surface area contributed by atoms with Crippen molar-refractivity contribution in [3.05, 3.63) is 41.7 Å². The van der Waals surface area contributed by atoms with E-state index in [1.54, 1.807) is 31.2 Å². The number of piperidine rings is 1. The highest BCUT2D eigenvalue weighted by atomic mass is 32.2. The van der Waals surface area contributed by atoms with Crippen LogP contribution in [0.15, 0.2) is 30.4 Å². The summed E-state index contributed by atoms with van der Waals surface area (Å²) in [6.07, 6.45) is 7.46. The van der Waals surface area contributed by atoms with Gasteiger partial charge in [0.05, 0.1) is 12.4 Å². The van der Waals surface area contributed by atoms with Gasteiger partial charge in [0, 0.05) is 18.4 Å². The fourth-order valence-electron chi connectivity index (χ4n) is 3.40. The van der Waals surface area contributed by atoms with Gasteiger partial charge in [0.2, 0.25) is 21.8 Å². The van der Waals surface area contributed by atoms with E-state index >= 15 is 0 Å². The SMILES string of the molecule is C[C@@H](NS(=O)(=O)C/C=C/CC[C@@H]1CCC(=O)NC1=O)c1ccc(F)c(OCC2CC2)c1. The van der Waals surface area contributed by atoms with Crippen LogP contribution in [0.25, 0.3) is 0 Å². The van der Waals surface area contributed by atoms with Crippen LogP contribution in [0.4, 0.5) is 4.39 Å². The van der Waals surface area contributed by atoms with Gasteiger partial charge in [0.25, 0.3) is 0 Å². The zero-order chi connectivity index (χ0) is 22.4. The summed E-state index contributed by atoms with van der Waals surface area (Å²) in [6, 6.07) is 3.84. The van der Waals surface area contributed by atoms with Gasteiger partial charge in [0.15, 0.2) is 11.6 Å². The lowest BCUT2D eigenvalue weighted by atomic mass is 9.93. The number of carbonyl (C=O) groups is 2. The molecule has 2 fully saturated rings. The molecule has 0 spiro atoms. The van der Waals surface area contributed by atoms with Gasteiger partial charge >= 0.3 is 0 Å². The van der Waals surface area contributed by atoms with Gasteiger partial charge in [-0.1, -0.05) is 18.2 Å². The lowest BCUT2D eigenvalue weighted by Crippen LogP contribution is -2.40. The van der Waals surface area contributed by atoms with Crippen molar-refractivity contribution < 1.29 is 27.1 Å². The normalized spacial score (nSPS) is 20.6. The molecule has 31 heavy (non-hydrogen) atoms. The molecule has 0 unspecified atom stereocenters. The van der Waals surface area contributed by atoms with Crippen molar-refractivity contribution in [3.8, 4) is 5.75 Å². The number of ether oxygens (including phenoxy) is 1. The quantitative estimate of drug-likeness (QED) is 0.397. The van der Waals surface area contributed by atoms with Crippen molar-refractivity contribution in [1.29, 1.82) is 0 Å². The van der Waals surface area contributed by atoms with Crippen LogP contribution in [-0.2, 0) is 19.6 Å². The summed E-state index contributed by atoms with van der Waals surface area (Å²) in [5.74, 6) is -0.743. The molecule has 3 rings (SSSR count). The summed E-state index contributed by atoms with van der Waals surface area (Å²) >= 11 is 0. The van der Waals surface area contributed by atoms with E-state index in [1.165, 1.54) is 6.07 Å². The maximum Gasteiger partial charge on any atom is 0.229 e. The highest BCUT2D eigenvalue weighted by Crippen LogP contribution is 2.31. The number of rotatable bonds is 11. The van der Waals surface area contributed by atoms with Crippen molar-refractivity contribution in [3.63, 3.8) is 0 Å². The second-order valence-electron chi connectivity index (χ2n) is 8.26. The first-order chi connectivity index (χ1) is 14.7. The fourth-order valence-corrected chi connectivity index (χ4v) is 4.56. The first kappa shape index (κ1) is 23.4. The predicted molar refractivity (Wildman–Crippen MR) is 114 cm³/mol. The molecule has 1 aromatic carbocycles. The van der Waals surface area contributed by atoms with Crippen LogP contribution in [0.3, 0.4) is 0 Å². The van der Waals surface area contributed by atoms with Crippen molar-refractivity contribution in [2.45, 2.75) is 51.5 Å². The van der Waals surface area contributed by atoms with Crippen LogP contribution < -0.4 is 14.8 Å². The number of nitrogens with one attached hydrogen (secondary N) is 2. The van der Waals surface area contributed by atoms with Crippen molar-refractivity contribution in [2.75, 3.05) is 12.4 Å². The summed E-state index contributed by atoms with van der Waals surface area (Å²) in [5.41, 5.74) is 0.623. The Hall–Kier alpha value is -2.26. The number of benzene rings is 1. The second-order valence-corrected chi connectivity index (χ2v) is 10.1. The molecule has 7 nitrogen and oxygen atoms in total. The van der Waals surface area contributed by atoms with Crippen LogP contribution in [-0.4, -0.2) is 32.6 Å². The van der Waals surface area contributed by atoms with Gasteiger partial charge in [-0.2, -0.15) is 0 Å². The highest BCUT2D eigenvalue weighted by molar-refractivity contribution is 7.89. The van der Waals surface area contributed by atoms with Crippen LogP contribution in [0.5, 0.6) is 5.75 Å². The zero-order valence-corrected chi connectivity index (χ0v) is 18.4. The molecule has 2 atom stereocenters. The van der Waals surface area contributed by atoms with Crippen LogP contribution >= 0.6 is 0 Å². The molecule has 1 saturated heterocycles. The van der Waals surface area contributed by atoms with Gasteiger partial charge in [-0.05, 0) is 62.6 Å². The van der Waals surface area contributed by atoms with Gasteiger partial charge < -0.3 is 4.74 Å². The molecule has 0 bridgehead atoms. The minimum Gasteiger partial charge on any atom is -0.490 e. The van der Waals surface area contributed by atoms with Gasteiger partial charge in [-0.25, -0.2) is 17.5 Å². The zero-order valence-electron chi connectivity index (χ0n) is 17.6. The smallest absolute Gasteiger partial charge is 0.229 e. The monoisotopic (exact) mass is 452 g/mol. The standard InChI is InChI=1S/C22H29FN2O5S/c1-15(18-8-10-19(23)20(13-18)30-14-16-6-7-16)25-31(28,29)12-4-2-3-5-17-9-11-21(26)24-22(17)27/h2,4,8,10,13,15-17,25H,3,5-7,9,11-12,14H2,1H3,(H,24,26,27)/b4-2+/t15-,17-/m1/s1. The van der Waals surface area contributed by atoms with Crippen molar-refractivity contribution >= 4 is 21.8 Å². The first-order valence-electron chi connectivity index (χ1n) is 10.6. The Bertz CT molecular complexity index is 943. The third-order valence-electron chi connectivity index (χ3n) is 5.50. The molecule has 2 amide bonds. The van der Waals surface area contributed by atoms with Gasteiger partial charge in [-0.15, -0.1) is 0 Å². The maximum atomic E-state index is 13.9. The number of hydrogen-bond acceptors (Lipinski definition) is 5. The van der Waals surface area contributed by atoms with E-state index < -0.39 is 21.9 Å². The Morgan fingerprint density at radius 1 is 1.26 bits per heavy atom. The number of halogens is 1. The van der Waals surface area contributed by atoms with E-state index in [4.69, 9.17) is 4.74 Å². The van der Waals surface area contributed by atoms with Crippen molar-refractivity contribution in [2.24, 2.45) is 11.8 Å². The van der Waals surface area contributed by atoms with Crippen LogP contribution in [0.2, 0.25) is 0 Å². The largest absolute Gasteiger partial charge is 0.490 e. The van der Waals surface area contributed by atoms with Crippen LogP contribution in [0.1, 0.15) is 57.1 Å². The third kappa shape index (κ3) is 7.43. The predicted octanol–water partition coefficient (Wildman–Crippen LogP) is 2.98. The van der Waals surface area contributed by atoms with Gasteiger partial charge in [-0.3, -0.25) is 14.9 Å². The lowest BCUT2D eigenvalue weighted by molar-refractivity contribution is -0.136. The molecule has 1 saturated carbocycles. The topological polar surface area (TPSA) is 102 Å². The molecule has 0 aromatic heterocycles. The molecule has 1 aliphatic heterocycles. The summed E-state index contributed by atoms with van der Waals surface area (Å²) in [4.78, 5) is 22.9. The highest BCUT2D eigenvalue weighted by Gasteiger charge is 2.25. The van der Waals surface area contributed by atoms with Gasteiger partial charge in [0.1, 0.15) is 0 Å². The molecule has 1 aliphatic carbocycles. The molecule has 2 N–H and O–H groups in total. The van der Waals surface area contributed by atoms with Crippen molar-refractivity contribution in [1.82, 2.24) is 10.0 Å². The number of hydrogen-bond donors (Lipinski definition) is 2. The third-order valence-corrected chi connectivity index (χ3v) is 6.84. The fraction of sp³-hybridized carbons (Fsp3) is 0.545. The van der Waals surface area contributed by atoms with Crippen LogP contribution in [0, 0.1) is 17.7 Å². The summed E-state index contributed by atoms with van der Waals surface area (Å²) in [7, 11) is -3.59. The number of carbonyl (C=O) groups excluding carboxylic acids is 2. The Labute approximate surface area is 182 Å². The minimum atomic E-state index is -3.59. The summed E-state index contributed by atoms with van der Waals surface area (Å²) in [6.45, 7) is 2.17. The molecular formula is C22H29FN2O5S. The molecular weight excluding hydrogens is 423 g/mol. The number of allylic oxidation sites excluding steroid dienone is 1. The van der Waals surface area contributed by atoms with E-state index in [0.717, 1.165) is 12.8 Å². The van der Waals surface area contributed by atoms with E-state index in [2.05, 4.69) is 10.0 Å². The van der Waals surface area contributed by atoms with E-state index in [0.29, 0.717) is 43.8 Å². The maximum absolute atomic E-state index is 13.9. The number of imide groups is 1. The minimum absolute atomic E-state index is 0.142. The Balaban J connectivity index is 1.46. The van der Waals surface area contributed by atoms with E-state index in [-0.39, 0.29) is 29.2 Å². The molecule has 170 valence electrons. The molecule has 1 heterocycles. The van der Waals surface area contributed by atoms with E-state index in [9.17, 15) is 22.4 Å². The average Bonchev–Trinajstić information content (AvgIpc) is 3.52. The molecule has 0 radical (unpaired) electrons. The Kier molecular flexibility index (Phi) is 7.83. The molecule has 2 aliphatic rings. The average molecular weight is 453 g/mol.